The fraction of sp³-hybridized carbons (Fsp3) is 0.625. The first-order valence-corrected chi connectivity index (χ1v) is 3.64. The number of carbonyl (C=O) groups excluding carboxylic acids is 1. The van der Waals surface area contributed by atoms with Gasteiger partial charge in [-0.1, -0.05) is 6.92 Å². The van der Waals surface area contributed by atoms with E-state index in [1.165, 1.54) is 6.92 Å². The van der Waals surface area contributed by atoms with E-state index < -0.39 is 5.97 Å². The summed E-state index contributed by atoms with van der Waals surface area (Å²) in [4.78, 5) is 10.8. The van der Waals surface area contributed by atoms with Crippen LogP contribution in [-0.2, 0) is 26.3 Å². The van der Waals surface area contributed by atoms with E-state index in [1.54, 1.807) is 6.92 Å². The second kappa shape index (κ2) is 7.18. The van der Waals surface area contributed by atoms with Crippen LogP contribution in [0.15, 0.2) is 11.8 Å². The van der Waals surface area contributed by atoms with Crippen LogP contribution < -0.4 is 0 Å². The van der Waals surface area contributed by atoms with Gasteiger partial charge in [0.2, 0.25) is 0 Å². The van der Waals surface area contributed by atoms with Crippen LogP contribution >= 0.6 is 0 Å². The van der Waals surface area contributed by atoms with Crippen molar-refractivity contribution in [1.29, 1.82) is 0 Å². The van der Waals surface area contributed by atoms with Gasteiger partial charge in [-0.05, 0) is 20.3 Å². The Labute approximate surface area is 83.0 Å². The van der Waals surface area contributed by atoms with Gasteiger partial charge in [-0.25, -0.2) is 4.79 Å². The molecule has 12 heavy (non-hydrogen) atoms. The van der Waals surface area contributed by atoms with Crippen LogP contribution in [0.5, 0.6) is 0 Å². The topological polar surface area (TPSA) is 46.5 Å². The van der Waals surface area contributed by atoms with E-state index in [2.05, 4.69) is 0 Å². The molecule has 73 valence electrons. The van der Waals surface area contributed by atoms with Gasteiger partial charge in [0.25, 0.3) is 0 Å². The summed E-state index contributed by atoms with van der Waals surface area (Å²) in [5.74, 6) is -0.516. The predicted octanol–water partition coefficient (Wildman–Crippen LogP) is 1.79. The zero-order valence-electron chi connectivity index (χ0n) is 7.46. The monoisotopic (exact) mass is 217 g/mol. The van der Waals surface area contributed by atoms with E-state index in [4.69, 9.17) is 9.84 Å². The Hall–Kier alpha value is -0.484. The number of hydrogen-bond acceptors (Lipinski definition) is 3. The second-order valence-corrected chi connectivity index (χ2v) is 2.44. The largest absolute Gasteiger partial charge is 0.512 e. The van der Waals surface area contributed by atoms with E-state index in [0.29, 0.717) is 0 Å². The first kappa shape index (κ1) is 14.1. The Morgan fingerprint density at radius 1 is 1.67 bits per heavy atom. The van der Waals surface area contributed by atoms with Gasteiger partial charge in [0.15, 0.2) is 0 Å². The van der Waals surface area contributed by atoms with Crippen molar-refractivity contribution >= 4 is 5.97 Å². The third-order valence-electron chi connectivity index (χ3n) is 1.22. The normalized spacial score (nSPS) is 13.1. The molecule has 0 aromatic heterocycles. The van der Waals surface area contributed by atoms with Crippen LogP contribution in [0.3, 0.4) is 0 Å². The summed E-state index contributed by atoms with van der Waals surface area (Å²) in [6, 6.07) is 0. The molecule has 0 amide bonds. The van der Waals surface area contributed by atoms with Gasteiger partial charge in [0.1, 0.15) is 0 Å². The molecular weight excluding hydrogens is 203 g/mol. The molecule has 0 spiro atoms. The molecule has 0 aliphatic rings. The number of hydrogen-bond donors (Lipinski definition) is 1. The Bertz CT molecular complexity index is 162. The molecule has 0 rings (SSSR count). The smallest absolute Gasteiger partial charge is 0.334 e. The van der Waals surface area contributed by atoms with Gasteiger partial charge in [0.05, 0.1) is 17.9 Å². The summed E-state index contributed by atoms with van der Waals surface area (Å²) < 4.78 is 4.84. The molecule has 0 bridgehead atoms. The molecule has 0 saturated heterocycles. The van der Waals surface area contributed by atoms with Crippen molar-refractivity contribution in [3.05, 3.63) is 11.8 Å². The zero-order valence-corrected chi connectivity index (χ0v) is 8.50. The number of esters is 1. The molecule has 1 N–H and O–H groups in total. The predicted molar refractivity (Wildman–Crippen MR) is 42.2 cm³/mol. The van der Waals surface area contributed by atoms with Crippen LogP contribution in [0.2, 0.25) is 0 Å². The molecule has 0 saturated carbocycles. The van der Waals surface area contributed by atoms with Gasteiger partial charge < -0.3 is 9.84 Å². The first-order valence-electron chi connectivity index (χ1n) is 3.64. The molecule has 0 aromatic rings. The van der Waals surface area contributed by atoms with Crippen molar-refractivity contribution in [2.24, 2.45) is 0 Å². The molecular formula is C8H14CoO3. The fourth-order valence-electron chi connectivity index (χ4n) is 0.486. The van der Waals surface area contributed by atoms with Gasteiger partial charge in [-0.3, -0.25) is 0 Å². The van der Waals surface area contributed by atoms with Crippen LogP contribution in [0.4, 0.5) is 0 Å². The van der Waals surface area contributed by atoms with Crippen LogP contribution in [0.25, 0.3) is 0 Å². The number of allylic oxidation sites excluding steroid dienone is 1. The number of aliphatic hydroxyl groups is 1. The van der Waals surface area contributed by atoms with E-state index in [0.717, 1.165) is 12.5 Å². The average molecular weight is 217 g/mol. The zero-order chi connectivity index (χ0) is 8.85. The molecule has 1 atom stereocenters. The van der Waals surface area contributed by atoms with E-state index in [-0.39, 0.29) is 28.6 Å². The fourth-order valence-corrected chi connectivity index (χ4v) is 0.486. The van der Waals surface area contributed by atoms with Crippen molar-refractivity contribution in [3.63, 3.8) is 0 Å². The summed E-state index contributed by atoms with van der Waals surface area (Å²) in [6.07, 6.45) is 1.76. The van der Waals surface area contributed by atoms with Gasteiger partial charge in [0, 0.05) is 16.8 Å². The van der Waals surface area contributed by atoms with Gasteiger partial charge in [-0.15, -0.1) is 0 Å². The van der Waals surface area contributed by atoms with Crippen LogP contribution in [0, 0.1) is 0 Å². The Balaban J connectivity index is 0. The van der Waals surface area contributed by atoms with Gasteiger partial charge in [-0.2, -0.15) is 0 Å². The molecule has 4 heteroatoms. The molecule has 1 radical (unpaired) electrons. The molecule has 0 aromatic carbocycles. The first-order chi connectivity index (χ1) is 5.06. The summed E-state index contributed by atoms with van der Waals surface area (Å²) in [7, 11) is 0. The molecule has 0 aliphatic heterocycles. The Morgan fingerprint density at radius 2 is 2.17 bits per heavy atom. The van der Waals surface area contributed by atoms with Crippen molar-refractivity contribution < 1.29 is 31.4 Å². The third-order valence-corrected chi connectivity index (χ3v) is 1.22. The second-order valence-electron chi connectivity index (χ2n) is 2.44. The van der Waals surface area contributed by atoms with E-state index in [9.17, 15) is 4.79 Å². The number of rotatable bonds is 3. The number of carbonyl (C=O) groups is 1. The summed E-state index contributed by atoms with van der Waals surface area (Å²) in [5, 5.41) is 8.67. The maximum Gasteiger partial charge on any atom is 0.334 e. The minimum Gasteiger partial charge on any atom is -0.512 e. The SMILES string of the molecule is CCC(C)OC(=O)/C=C(/C)O.[Co]. The Kier molecular flexibility index (Phi) is 8.42. The standard InChI is InChI=1S/C8H14O3.Co/c1-4-7(3)11-8(10)5-6(2)9;/h5,7,9H,4H2,1-3H3;/b6-5-;. The minimum absolute atomic E-state index is 0. The minimum atomic E-state index is -0.487. The van der Waals surface area contributed by atoms with E-state index in [1.807, 2.05) is 6.92 Å². The quantitative estimate of drug-likeness (QED) is 0.445. The molecule has 0 fully saturated rings. The van der Waals surface area contributed by atoms with Crippen LogP contribution in [-0.4, -0.2) is 17.2 Å². The molecule has 0 aliphatic carbocycles. The number of aliphatic hydroxyl groups excluding tert-OH is 1. The molecule has 1 unspecified atom stereocenters. The number of ether oxygens (including phenoxy) is 1. The Morgan fingerprint density at radius 3 is 2.50 bits per heavy atom. The third kappa shape index (κ3) is 7.62. The van der Waals surface area contributed by atoms with Crippen molar-refractivity contribution in [2.75, 3.05) is 0 Å². The summed E-state index contributed by atoms with van der Waals surface area (Å²) in [6.45, 7) is 5.16. The van der Waals surface area contributed by atoms with Crippen molar-refractivity contribution in [3.8, 4) is 0 Å². The van der Waals surface area contributed by atoms with Crippen molar-refractivity contribution in [1.82, 2.24) is 0 Å². The van der Waals surface area contributed by atoms with Crippen molar-refractivity contribution in [2.45, 2.75) is 33.3 Å². The summed E-state index contributed by atoms with van der Waals surface area (Å²) in [5.41, 5.74) is 0. The van der Waals surface area contributed by atoms with Gasteiger partial charge >= 0.3 is 5.97 Å². The maximum atomic E-state index is 10.8. The van der Waals surface area contributed by atoms with E-state index >= 15 is 0 Å². The summed E-state index contributed by atoms with van der Waals surface area (Å²) >= 11 is 0. The molecule has 0 heterocycles. The molecule has 3 nitrogen and oxygen atoms in total. The van der Waals surface area contributed by atoms with Crippen LogP contribution in [0.1, 0.15) is 27.2 Å². The maximum absolute atomic E-state index is 10.8. The average Bonchev–Trinajstić information content (AvgIpc) is 1.85.